The molecule has 1 aromatic rings. The first-order chi connectivity index (χ1) is 9.35. The fraction of sp³-hybridized carbons (Fsp3) is 0.500. The van der Waals surface area contributed by atoms with Crippen molar-refractivity contribution in [2.24, 2.45) is 0 Å². The first-order valence-corrected chi connectivity index (χ1v) is 6.88. The predicted octanol–water partition coefficient (Wildman–Crippen LogP) is 3.15. The van der Waals surface area contributed by atoms with Gasteiger partial charge < -0.3 is 9.64 Å². The van der Waals surface area contributed by atoms with Crippen LogP contribution in [-0.2, 0) is 4.74 Å². The Labute approximate surface area is 123 Å². The Morgan fingerprint density at radius 1 is 1.35 bits per heavy atom. The standard InChI is InChI=1S/C14H18ClN3O2/c1-14(2,3)20-13(19)18-6-4-10(5-7-18)11-8-17-12(15)9-16-11/h4,8-9H,5-7H2,1-3H3. The topological polar surface area (TPSA) is 55.3 Å². The number of halogens is 1. The molecule has 0 N–H and O–H groups in total. The Balaban J connectivity index is 2.00. The zero-order chi connectivity index (χ0) is 14.8. The molecule has 0 bridgehead atoms. The summed E-state index contributed by atoms with van der Waals surface area (Å²) in [5.41, 5.74) is 1.41. The van der Waals surface area contributed by atoms with Crippen molar-refractivity contribution in [3.05, 3.63) is 29.3 Å². The van der Waals surface area contributed by atoms with Crippen molar-refractivity contribution >= 4 is 23.3 Å². The third-order valence-corrected chi connectivity index (χ3v) is 3.01. The van der Waals surface area contributed by atoms with Crippen molar-refractivity contribution < 1.29 is 9.53 Å². The third kappa shape index (κ3) is 3.93. The molecule has 0 unspecified atom stereocenters. The van der Waals surface area contributed by atoms with E-state index >= 15 is 0 Å². The lowest BCUT2D eigenvalue weighted by molar-refractivity contribution is 0.0270. The van der Waals surface area contributed by atoms with Gasteiger partial charge in [0.25, 0.3) is 0 Å². The molecule has 1 amide bonds. The minimum atomic E-state index is -0.470. The fourth-order valence-electron chi connectivity index (χ4n) is 1.87. The second kappa shape index (κ2) is 5.79. The maximum Gasteiger partial charge on any atom is 0.410 e. The summed E-state index contributed by atoms with van der Waals surface area (Å²) in [7, 11) is 0. The lowest BCUT2D eigenvalue weighted by Gasteiger charge is -2.29. The SMILES string of the molecule is CC(C)(C)OC(=O)N1CC=C(c2cnc(Cl)cn2)CC1. The van der Waals surface area contributed by atoms with Crippen LogP contribution in [0.3, 0.4) is 0 Å². The van der Waals surface area contributed by atoms with Gasteiger partial charge in [-0.15, -0.1) is 0 Å². The van der Waals surface area contributed by atoms with E-state index in [0.717, 1.165) is 17.7 Å². The molecular formula is C14H18ClN3O2. The number of ether oxygens (including phenoxy) is 1. The quantitative estimate of drug-likeness (QED) is 0.798. The molecule has 2 heterocycles. The van der Waals surface area contributed by atoms with E-state index in [-0.39, 0.29) is 6.09 Å². The van der Waals surface area contributed by atoms with Gasteiger partial charge in [-0.1, -0.05) is 17.7 Å². The van der Waals surface area contributed by atoms with Crippen molar-refractivity contribution in [3.63, 3.8) is 0 Å². The summed E-state index contributed by atoms with van der Waals surface area (Å²) in [5.74, 6) is 0. The molecule has 1 aliphatic rings. The molecule has 2 rings (SSSR count). The van der Waals surface area contributed by atoms with Crippen molar-refractivity contribution in [2.75, 3.05) is 13.1 Å². The number of amides is 1. The first kappa shape index (κ1) is 14.8. The van der Waals surface area contributed by atoms with Crippen LogP contribution in [0.5, 0.6) is 0 Å². The molecule has 0 fully saturated rings. The van der Waals surface area contributed by atoms with Gasteiger partial charge in [-0.2, -0.15) is 0 Å². The molecule has 6 heteroatoms. The van der Waals surface area contributed by atoms with Crippen molar-refractivity contribution in [3.8, 4) is 0 Å². The average molecular weight is 296 g/mol. The highest BCUT2D eigenvalue weighted by Gasteiger charge is 2.24. The van der Waals surface area contributed by atoms with E-state index in [1.54, 1.807) is 11.1 Å². The summed E-state index contributed by atoms with van der Waals surface area (Å²) < 4.78 is 5.35. The van der Waals surface area contributed by atoms with E-state index in [9.17, 15) is 4.79 Å². The van der Waals surface area contributed by atoms with Crippen LogP contribution in [0.25, 0.3) is 5.57 Å². The Kier molecular flexibility index (Phi) is 4.28. The molecule has 20 heavy (non-hydrogen) atoms. The fourth-order valence-corrected chi connectivity index (χ4v) is 1.97. The smallest absolute Gasteiger partial charge is 0.410 e. The minimum Gasteiger partial charge on any atom is -0.444 e. The highest BCUT2D eigenvalue weighted by atomic mass is 35.5. The summed E-state index contributed by atoms with van der Waals surface area (Å²) in [5, 5.41) is 0.376. The number of rotatable bonds is 1. The molecule has 0 saturated heterocycles. The van der Waals surface area contributed by atoms with Crippen molar-refractivity contribution in [1.29, 1.82) is 0 Å². The zero-order valence-corrected chi connectivity index (χ0v) is 12.6. The Hall–Kier alpha value is -1.62. The van der Waals surface area contributed by atoms with Gasteiger partial charge in [0.05, 0.1) is 18.1 Å². The number of carbonyl (C=O) groups is 1. The van der Waals surface area contributed by atoms with Gasteiger partial charge in [0.1, 0.15) is 10.8 Å². The van der Waals surface area contributed by atoms with E-state index in [1.165, 1.54) is 6.20 Å². The van der Waals surface area contributed by atoms with Crippen LogP contribution in [0.15, 0.2) is 18.5 Å². The normalized spacial score (nSPS) is 15.8. The van der Waals surface area contributed by atoms with Crippen molar-refractivity contribution in [1.82, 2.24) is 14.9 Å². The van der Waals surface area contributed by atoms with Crippen LogP contribution in [0.2, 0.25) is 5.15 Å². The zero-order valence-electron chi connectivity index (χ0n) is 11.9. The first-order valence-electron chi connectivity index (χ1n) is 6.50. The van der Waals surface area contributed by atoms with Crippen molar-refractivity contribution in [2.45, 2.75) is 32.8 Å². The van der Waals surface area contributed by atoms with Crippen LogP contribution in [-0.4, -0.2) is 39.7 Å². The van der Waals surface area contributed by atoms with Gasteiger partial charge in [-0.3, -0.25) is 4.98 Å². The van der Waals surface area contributed by atoms with Crippen LogP contribution >= 0.6 is 11.6 Å². The largest absolute Gasteiger partial charge is 0.444 e. The van der Waals surface area contributed by atoms with Gasteiger partial charge in [0.15, 0.2) is 0 Å². The summed E-state index contributed by atoms with van der Waals surface area (Å²) >= 11 is 5.71. The Bertz CT molecular complexity index is 520. The lowest BCUT2D eigenvalue weighted by atomic mass is 10.1. The van der Waals surface area contributed by atoms with E-state index in [1.807, 2.05) is 26.8 Å². The highest BCUT2D eigenvalue weighted by molar-refractivity contribution is 6.29. The van der Waals surface area contributed by atoms with E-state index in [0.29, 0.717) is 18.2 Å². The molecule has 108 valence electrons. The number of hydrogen-bond acceptors (Lipinski definition) is 4. The molecule has 1 aliphatic heterocycles. The predicted molar refractivity (Wildman–Crippen MR) is 77.4 cm³/mol. The molecule has 0 saturated carbocycles. The van der Waals surface area contributed by atoms with Crippen LogP contribution in [0.1, 0.15) is 32.9 Å². The van der Waals surface area contributed by atoms with Gasteiger partial charge in [-0.25, -0.2) is 9.78 Å². The third-order valence-electron chi connectivity index (χ3n) is 2.81. The van der Waals surface area contributed by atoms with Crippen LogP contribution in [0.4, 0.5) is 4.79 Å². The number of nitrogens with zero attached hydrogens (tertiary/aromatic N) is 3. The minimum absolute atomic E-state index is 0.282. The highest BCUT2D eigenvalue weighted by Crippen LogP contribution is 2.21. The van der Waals surface area contributed by atoms with Crippen LogP contribution < -0.4 is 0 Å². The molecule has 1 aromatic heterocycles. The van der Waals surface area contributed by atoms with Gasteiger partial charge >= 0.3 is 6.09 Å². The molecule has 0 aliphatic carbocycles. The monoisotopic (exact) mass is 295 g/mol. The van der Waals surface area contributed by atoms with E-state index in [2.05, 4.69) is 9.97 Å². The molecule has 0 aromatic carbocycles. The summed E-state index contributed by atoms with van der Waals surface area (Å²) in [4.78, 5) is 21.9. The second-order valence-electron chi connectivity index (χ2n) is 5.63. The summed E-state index contributed by atoms with van der Waals surface area (Å²) in [6, 6.07) is 0. The number of aromatic nitrogens is 2. The Morgan fingerprint density at radius 3 is 2.60 bits per heavy atom. The maximum absolute atomic E-state index is 11.9. The molecule has 0 spiro atoms. The summed E-state index contributed by atoms with van der Waals surface area (Å²) in [6.45, 7) is 6.72. The number of hydrogen-bond donors (Lipinski definition) is 0. The van der Waals surface area contributed by atoms with Gasteiger partial charge in [0, 0.05) is 13.1 Å². The maximum atomic E-state index is 11.9. The van der Waals surface area contributed by atoms with E-state index in [4.69, 9.17) is 16.3 Å². The molecule has 0 radical (unpaired) electrons. The van der Waals surface area contributed by atoms with Crippen LogP contribution in [0, 0.1) is 0 Å². The van der Waals surface area contributed by atoms with Gasteiger partial charge in [0.2, 0.25) is 0 Å². The molecule has 0 atom stereocenters. The average Bonchev–Trinajstić information content (AvgIpc) is 2.38. The van der Waals surface area contributed by atoms with Gasteiger partial charge in [-0.05, 0) is 32.8 Å². The summed E-state index contributed by atoms with van der Waals surface area (Å²) in [6.07, 6.45) is 5.60. The molecular weight excluding hydrogens is 278 g/mol. The molecule has 5 nitrogen and oxygen atoms in total. The number of carbonyl (C=O) groups excluding carboxylic acids is 1. The van der Waals surface area contributed by atoms with E-state index < -0.39 is 5.60 Å². The lowest BCUT2D eigenvalue weighted by Crippen LogP contribution is -2.39. The Morgan fingerprint density at radius 2 is 2.10 bits per heavy atom. The second-order valence-corrected chi connectivity index (χ2v) is 6.02.